The van der Waals surface area contributed by atoms with Crippen LogP contribution in [0.4, 0.5) is 11.5 Å². The average Bonchev–Trinajstić information content (AvgIpc) is 2.29. The molecule has 94 valence electrons. The molecule has 0 spiro atoms. The second kappa shape index (κ2) is 4.46. The van der Waals surface area contributed by atoms with Gasteiger partial charge in [-0.05, 0) is 0 Å². The Labute approximate surface area is 100 Å². The van der Waals surface area contributed by atoms with E-state index in [0.717, 1.165) is 0 Å². The first kappa shape index (κ1) is 12.1. The number of nitrogens with two attached hydrogens (primary N) is 1. The smallest absolute Gasteiger partial charge is 0.211 e. The van der Waals surface area contributed by atoms with Gasteiger partial charge in [0.25, 0.3) is 0 Å². The number of anilines is 2. The number of hydrogen-bond acceptors (Lipinski definition) is 6. The van der Waals surface area contributed by atoms with Crippen molar-refractivity contribution in [2.45, 2.75) is 0 Å². The minimum atomic E-state index is -3.10. The van der Waals surface area contributed by atoms with Gasteiger partial charge in [-0.3, -0.25) is 0 Å². The van der Waals surface area contributed by atoms with Gasteiger partial charge in [0.15, 0.2) is 5.82 Å². The highest BCUT2D eigenvalue weighted by molar-refractivity contribution is 7.88. The molecule has 0 saturated carbocycles. The second-order valence-electron chi connectivity index (χ2n) is 3.95. The van der Waals surface area contributed by atoms with Crippen LogP contribution in [0.1, 0.15) is 0 Å². The van der Waals surface area contributed by atoms with Crippen molar-refractivity contribution in [3.63, 3.8) is 0 Å². The van der Waals surface area contributed by atoms with Crippen molar-refractivity contribution in [2.24, 2.45) is 0 Å². The number of aromatic nitrogens is 2. The minimum absolute atomic E-state index is 0.461. The molecule has 0 atom stereocenters. The summed E-state index contributed by atoms with van der Waals surface area (Å²) in [5, 5.41) is 0. The first-order chi connectivity index (χ1) is 7.98. The molecular formula is C9H15N5O2S. The van der Waals surface area contributed by atoms with Crippen molar-refractivity contribution in [2.75, 3.05) is 43.1 Å². The second-order valence-corrected chi connectivity index (χ2v) is 5.93. The van der Waals surface area contributed by atoms with Crippen LogP contribution < -0.4 is 10.6 Å². The third-order valence-electron chi connectivity index (χ3n) is 2.73. The van der Waals surface area contributed by atoms with Gasteiger partial charge < -0.3 is 10.6 Å². The maximum absolute atomic E-state index is 11.4. The molecule has 1 aromatic rings. The molecule has 2 heterocycles. The summed E-state index contributed by atoms with van der Waals surface area (Å²) in [5.74, 6) is 0.674. The lowest BCUT2D eigenvalue weighted by atomic mass is 10.3. The molecule has 1 aromatic heterocycles. The van der Waals surface area contributed by atoms with E-state index in [1.54, 1.807) is 6.20 Å². The van der Waals surface area contributed by atoms with E-state index in [1.165, 1.54) is 16.9 Å². The molecule has 2 rings (SSSR count). The minimum Gasteiger partial charge on any atom is -0.394 e. The zero-order valence-corrected chi connectivity index (χ0v) is 10.4. The van der Waals surface area contributed by atoms with Crippen molar-refractivity contribution >= 4 is 21.5 Å². The molecule has 1 fully saturated rings. The van der Waals surface area contributed by atoms with E-state index in [-0.39, 0.29) is 0 Å². The van der Waals surface area contributed by atoms with Gasteiger partial charge in [0, 0.05) is 26.2 Å². The van der Waals surface area contributed by atoms with Crippen LogP contribution in [0.25, 0.3) is 0 Å². The quantitative estimate of drug-likeness (QED) is 0.741. The molecule has 7 nitrogen and oxygen atoms in total. The standard InChI is InChI=1S/C9H15N5O2S/c1-17(15,16)14-4-2-13(3-5-14)9-8(10)6-11-7-12-9/h6-7H,2-5,10H2,1H3. The molecule has 1 saturated heterocycles. The maximum Gasteiger partial charge on any atom is 0.211 e. The summed E-state index contributed by atoms with van der Waals surface area (Å²) in [6.07, 6.45) is 4.21. The molecule has 0 bridgehead atoms. The van der Waals surface area contributed by atoms with Crippen molar-refractivity contribution < 1.29 is 8.42 Å². The summed E-state index contributed by atoms with van der Waals surface area (Å²) in [6.45, 7) is 2.10. The topological polar surface area (TPSA) is 92.4 Å². The highest BCUT2D eigenvalue weighted by Gasteiger charge is 2.24. The largest absolute Gasteiger partial charge is 0.394 e. The van der Waals surface area contributed by atoms with Gasteiger partial charge >= 0.3 is 0 Å². The van der Waals surface area contributed by atoms with Gasteiger partial charge in [-0.1, -0.05) is 0 Å². The molecule has 17 heavy (non-hydrogen) atoms. The highest BCUT2D eigenvalue weighted by Crippen LogP contribution is 2.20. The lowest BCUT2D eigenvalue weighted by molar-refractivity contribution is 0.387. The van der Waals surface area contributed by atoms with E-state index >= 15 is 0 Å². The van der Waals surface area contributed by atoms with Crippen LogP contribution in [0, 0.1) is 0 Å². The molecule has 2 N–H and O–H groups in total. The Hall–Kier alpha value is -1.41. The highest BCUT2D eigenvalue weighted by atomic mass is 32.2. The zero-order valence-electron chi connectivity index (χ0n) is 9.57. The maximum atomic E-state index is 11.4. The molecule has 0 aliphatic carbocycles. The molecule has 0 radical (unpaired) electrons. The van der Waals surface area contributed by atoms with Gasteiger partial charge in [0.1, 0.15) is 6.33 Å². The summed E-state index contributed by atoms with van der Waals surface area (Å²) >= 11 is 0. The summed E-state index contributed by atoms with van der Waals surface area (Å²) in [5.41, 5.74) is 6.29. The lowest BCUT2D eigenvalue weighted by Gasteiger charge is -2.34. The summed E-state index contributed by atoms with van der Waals surface area (Å²) < 4.78 is 24.2. The number of hydrogen-bond donors (Lipinski definition) is 1. The van der Waals surface area contributed by atoms with Crippen molar-refractivity contribution in [3.05, 3.63) is 12.5 Å². The van der Waals surface area contributed by atoms with Crippen molar-refractivity contribution in [1.29, 1.82) is 0 Å². The van der Waals surface area contributed by atoms with E-state index in [4.69, 9.17) is 5.73 Å². The number of sulfonamides is 1. The predicted octanol–water partition coefficient (Wildman–Crippen LogP) is -0.860. The Kier molecular flexibility index (Phi) is 3.16. The van der Waals surface area contributed by atoms with E-state index in [0.29, 0.717) is 37.7 Å². The average molecular weight is 257 g/mol. The monoisotopic (exact) mass is 257 g/mol. The van der Waals surface area contributed by atoms with Crippen LogP contribution in [0.5, 0.6) is 0 Å². The molecule has 0 aromatic carbocycles. The van der Waals surface area contributed by atoms with E-state index in [1.807, 2.05) is 4.90 Å². The van der Waals surface area contributed by atoms with Crippen LogP contribution in [0.3, 0.4) is 0 Å². The molecule has 8 heteroatoms. The van der Waals surface area contributed by atoms with Crippen LogP contribution >= 0.6 is 0 Å². The van der Waals surface area contributed by atoms with Gasteiger partial charge in [0.2, 0.25) is 10.0 Å². The fourth-order valence-electron chi connectivity index (χ4n) is 1.83. The predicted molar refractivity (Wildman–Crippen MR) is 65.1 cm³/mol. The fourth-order valence-corrected chi connectivity index (χ4v) is 2.66. The number of nitrogen functional groups attached to an aromatic ring is 1. The first-order valence-corrected chi connectivity index (χ1v) is 7.09. The fraction of sp³-hybridized carbons (Fsp3) is 0.556. The van der Waals surface area contributed by atoms with Crippen molar-refractivity contribution in [1.82, 2.24) is 14.3 Å². The van der Waals surface area contributed by atoms with E-state index in [2.05, 4.69) is 9.97 Å². The first-order valence-electron chi connectivity index (χ1n) is 5.24. The SMILES string of the molecule is CS(=O)(=O)N1CCN(c2ncncc2N)CC1. The molecule has 1 aliphatic heterocycles. The number of rotatable bonds is 2. The molecule has 1 aliphatic rings. The summed E-state index contributed by atoms with van der Waals surface area (Å²) in [6, 6.07) is 0. The number of nitrogens with zero attached hydrogens (tertiary/aromatic N) is 4. The Balaban J connectivity index is 2.08. The Morgan fingerprint density at radius 3 is 2.47 bits per heavy atom. The van der Waals surface area contributed by atoms with E-state index in [9.17, 15) is 8.42 Å². The van der Waals surface area contributed by atoms with Crippen LogP contribution in [0.2, 0.25) is 0 Å². The third kappa shape index (κ3) is 2.64. The van der Waals surface area contributed by atoms with Crippen LogP contribution in [-0.2, 0) is 10.0 Å². The van der Waals surface area contributed by atoms with Gasteiger partial charge in [-0.25, -0.2) is 18.4 Å². The lowest BCUT2D eigenvalue weighted by Crippen LogP contribution is -2.48. The number of piperazine rings is 1. The third-order valence-corrected chi connectivity index (χ3v) is 4.03. The van der Waals surface area contributed by atoms with Crippen molar-refractivity contribution in [3.8, 4) is 0 Å². The normalized spacial score (nSPS) is 18.3. The van der Waals surface area contributed by atoms with Crippen LogP contribution in [-0.4, -0.2) is 55.1 Å². The van der Waals surface area contributed by atoms with Crippen LogP contribution in [0.15, 0.2) is 12.5 Å². The Morgan fingerprint density at radius 1 is 1.29 bits per heavy atom. The van der Waals surface area contributed by atoms with Gasteiger partial charge in [-0.2, -0.15) is 4.31 Å². The summed E-state index contributed by atoms with van der Waals surface area (Å²) in [4.78, 5) is 9.91. The van der Waals surface area contributed by atoms with Gasteiger partial charge in [0.05, 0.1) is 18.1 Å². The molecular weight excluding hydrogens is 242 g/mol. The molecule has 0 amide bonds. The Morgan fingerprint density at radius 2 is 1.94 bits per heavy atom. The summed E-state index contributed by atoms with van der Waals surface area (Å²) in [7, 11) is -3.10. The Bertz CT molecular complexity index is 496. The zero-order chi connectivity index (χ0) is 12.5. The van der Waals surface area contributed by atoms with E-state index < -0.39 is 10.0 Å². The van der Waals surface area contributed by atoms with Gasteiger partial charge in [-0.15, -0.1) is 0 Å². The molecule has 0 unspecified atom stereocenters.